The van der Waals surface area contributed by atoms with Crippen LogP contribution in [0.5, 0.6) is 5.75 Å². The molecule has 11 heteroatoms. The number of rotatable bonds is 12. The first-order valence-electron chi connectivity index (χ1n) is 15.6. The fourth-order valence-corrected chi connectivity index (χ4v) is 6.32. The van der Waals surface area contributed by atoms with Gasteiger partial charge in [-0.3, -0.25) is 0 Å². The van der Waals surface area contributed by atoms with E-state index in [0.717, 1.165) is 22.2 Å². The van der Waals surface area contributed by atoms with E-state index in [1.807, 2.05) is 81.8 Å². The molecule has 0 saturated heterocycles. The summed E-state index contributed by atoms with van der Waals surface area (Å²) in [6, 6.07) is 15.4. The average molecular weight is 652 g/mol. The minimum absolute atomic E-state index is 0.103. The normalized spacial score (nSPS) is 14.8. The molecule has 3 heterocycles. The third-order valence-corrected chi connectivity index (χ3v) is 14.4. The number of nitrogens with zero attached hydrogens (tertiary/aromatic N) is 4. The van der Waals surface area contributed by atoms with Crippen LogP contribution in [0.1, 0.15) is 79.6 Å². The van der Waals surface area contributed by atoms with Crippen LogP contribution in [0.4, 0.5) is 0 Å². The minimum atomic E-state index is -1.94. The van der Waals surface area contributed by atoms with Crippen molar-refractivity contribution in [3.63, 3.8) is 0 Å². The Morgan fingerprint density at radius 1 is 1.00 bits per heavy atom. The van der Waals surface area contributed by atoms with Gasteiger partial charge in [0.25, 0.3) is 0 Å². The Morgan fingerprint density at radius 2 is 1.71 bits per heavy atom. The summed E-state index contributed by atoms with van der Waals surface area (Å²) in [4.78, 5) is 9.80. The standard InChI is InChI=1S/C34H49N5O4SSi/c1-11-19-34(40,38-44(41)32(3,4)5)30-17-14-16-27(37-30)24-20-28-26(29(21-24)42-12-2)22-35-39(28)31-18-13-15-25(36-31)23-43-45(9,10)33(6,7)8/h13-18,20-22,38,40H,11-12,19,23H2,1-10H3. The van der Waals surface area contributed by atoms with Crippen LogP contribution in [0.15, 0.2) is 54.7 Å². The molecule has 244 valence electrons. The molecule has 0 aliphatic rings. The summed E-state index contributed by atoms with van der Waals surface area (Å²) in [6.07, 6.45) is 2.81. The molecule has 0 aliphatic carbocycles. The fourth-order valence-electron chi connectivity index (χ4n) is 4.56. The first kappa shape index (κ1) is 35.1. The lowest BCUT2D eigenvalue weighted by Gasteiger charge is -2.36. The molecule has 1 aromatic carbocycles. The van der Waals surface area contributed by atoms with Crippen LogP contribution in [0.25, 0.3) is 28.0 Å². The van der Waals surface area contributed by atoms with E-state index >= 15 is 0 Å². The minimum Gasteiger partial charge on any atom is -0.598 e. The van der Waals surface area contributed by atoms with Crippen molar-refractivity contribution in [2.75, 3.05) is 6.61 Å². The van der Waals surface area contributed by atoms with E-state index in [2.05, 4.69) is 38.6 Å². The van der Waals surface area contributed by atoms with Gasteiger partial charge >= 0.3 is 0 Å². The quantitative estimate of drug-likeness (QED) is 0.0925. The highest BCUT2D eigenvalue weighted by Crippen LogP contribution is 2.37. The van der Waals surface area contributed by atoms with Gasteiger partial charge < -0.3 is 18.8 Å². The van der Waals surface area contributed by atoms with Gasteiger partial charge in [-0.15, -0.1) is 4.72 Å². The summed E-state index contributed by atoms with van der Waals surface area (Å²) in [5.74, 6) is 1.35. The molecule has 9 nitrogen and oxygen atoms in total. The Morgan fingerprint density at radius 3 is 2.36 bits per heavy atom. The van der Waals surface area contributed by atoms with Crippen molar-refractivity contribution in [2.45, 2.75) is 103 Å². The molecule has 45 heavy (non-hydrogen) atoms. The number of pyridine rings is 2. The number of aliphatic hydroxyl groups is 1. The van der Waals surface area contributed by atoms with Crippen LogP contribution in [0, 0.1) is 0 Å². The maximum Gasteiger partial charge on any atom is 0.200 e. The van der Waals surface area contributed by atoms with E-state index in [1.54, 1.807) is 12.3 Å². The molecule has 4 rings (SSSR count). The Bertz CT molecular complexity index is 1610. The van der Waals surface area contributed by atoms with Crippen LogP contribution < -0.4 is 9.46 Å². The van der Waals surface area contributed by atoms with Gasteiger partial charge in [-0.1, -0.05) is 46.2 Å². The third kappa shape index (κ3) is 7.96. The van der Waals surface area contributed by atoms with Crippen molar-refractivity contribution in [1.29, 1.82) is 0 Å². The average Bonchev–Trinajstić information content (AvgIpc) is 3.40. The highest BCUT2D eigenvalue weighted by molar-refractivity contribution is 7.90. The van der Waals surface area contributed by atoms with E-state index in [0.29, 0.717) is 49.0 Å². The monoisotopic (exact) mass is 651 g/mol. The summed E-state index contributed by atoms with van der Waals surface area (Å²) < 4.78 is 29.7. The smallest absolute Gasteiger partial charge is 0.200 e. The number of nitrogens with one attached hydrogen (secondary N) is 1. The number of hydrogen-bond acceptors (Lipinski definition) is 8. The SMILES string of the molecule is CCCC(O)(N[S+]([O-])C(C)(C)C)c1cccc(-c2cc(OCC)c3cnn(-c4cccc(CO[Si](C)(C)C(C)(C)C)n4)c3c2)n1. The van der Waals surface area contributed by atoms with E-state index in [-0.39, 0.29) is 5.04 Å². The lowest BCUT2D eigenvalue weighted by molar-refractivity contribution is 0.0101. The first-order valence-corrected chi connectivity index (χ1v) is 19.7. The van der Waals surface area contributed by atoms with Crippen molar-refractivity contribution in [2.24, 2.45) is 0 Å². The molecule has 0 saturated carbocycles. The molecule has 2 unspecified atom stereocenters. The molecule has 2 atom stereocenters. The first-order chi connectivity index (χ1) is 21.0. The largest absolute Gasteiger partial charge is 0.598 e. The van der Waals surface area contributed by atoms with Crippen LogP contribution in [0.3, 0.4) is 0 Å². The third-order valence-electron chi connectivity index (χ3n) is 8.24. The van der Waals surface area contributed by atoms with Crippen molar-refractivity contribution >= 4 is 30.6 Å². The fraction of sp³-hybridized carbons (Fsp3) is 0.500. The Hall–Kier alpha value is -2.80. The summed E-state index contributed by atoms with van der Waals surface area (Å²) in [6.45, 7) is 21.6. The molecule has 4 aromatic rings. The lowest BCUT2D eigenvalue weighted by Crippen LogP contribution is -2.51. The summed E-state index contributed by atoms with van der Waals surface area (Å²) in [7, 11) is -1.94. The van der Waals surface area contributed by atoms with Crippen LogP contribution in [0.2, 0.25) is 18.1 Å². The predicted molar refractivity (Wildman–Crippen MR) is 185 cm³/mol. The van der Waals surface area contributed by atoms with Gasteiger partial charge in [0.15, 0.2) is 19.9 Å². The van der Waals surface area contributed by atoms with Gasteiger partial charge in [0.1, 0.15) is 10.5 Å². The summed E-state index contributed by atoms with van der Waals surface area (Å²) in [5, 5.41) is 17.4. The van der Waals surface area contributed by atoms with Gasteiger partial charge in [0, 0.05) is 16.9 Å². The van der Waals surface area contributed by atoms with E-state index in [9.17, 15) is 9.66 Å². The second-order valence-corrected chi connectivity index (χ2v) is 20.7. The van der Waals surface area contributed by atoms with E-state index < -0.39 is 30.2 Å². The Labute approximate surface area is 272 Å². The Kier molecular flexibility index (Phi) is 10.5. The molecule has 0 amide bonds. The van der Waals surface area contributed by atoms with Crippen molar-refractivity contribution in [3.05, 3.63) is 66.1 Å². The second-order valence-electron chi connectivity index (χ2n) is 13.9. The highest BCUT2D eigenvalue weighted by Gasteiger charge is 2.40. The molecule has 3 aromatic heterocycles. The number of fused-ring (bicyclic) bond motifs is 1. The zero-order valence-electron chi connectivity index (χ0n) is 28.4. The Balaban J connectivity index is 1.76. The van der Waals surface area contributed by atoms with Gasteiger partial charge in [-0.2, -0.15) is 5.10 Å². The maximum atomic E-state index is 13.0. The zero-order chi connectivity index (χ0) is 33.2. The molecular formula is C34H49N5O4SSi. The number of hydrogen-bond donors (Lipinski definition) is 2. The molecule has 0 aliphatic heterocycles. The maximum absolute atomic E-state index is 13.0. The molecule has 0 spiro atoms. The molecule has 2 N–H and O–H groups in total. The summed E-state index contributed by atoms with van der Waals surface area (Å²) in [5.41, 5.74) is 1.94. The van der Waals surface area contributed by atoms with E-state index in [1.165, 1.54) is 0 Å². The number of ether oxygens (including phenoxy) is 1. The van der Waals surface area contributed by atoms with Crippen molar-refractivity contribution in [3.8, 4) is 22.8 Å². The van der Waals surface area contributed by atoms with Gasteiger partial charge in [-0.05, 0) is 88.6 Å². The van der Waals surface area contributed by atoms with Crippen LogP contribution >= 0.6 is 0 Å². The zero-order valence-corrected chi connectivity index (χ0v) is 30.2. The van der Waals surface area contributed by atoms with E-state index in [4.69, 9.17) is 24.2 Å². The van der Waals surface area contributed by atoms with Gasteiger partial charge in [0.2, 0.25) is 0 Å². The summed E-state index contributed by atoms with van der Waals surface area (Å²) >= 11 is -1.50. The van der Waals surface area contributed by atoms with Crippen LogP contribution in [-0.4, -0.2) is 49.1 Å². The van der Waals surface area contributed by atoms with Crippen molar-refractivity contribution in [1.82, 2.24) is 24.5 Å². The predicted octanol–water partition coefficient (Wildman–Crippen LogP) is 7.40. The molecule has 0 fully saturated rings. The molecule has 0 radical (unpaired) electrons. The topological polar surface area (TPSA) is 117 Å². The number of benzene rings is 1. The molecule has 0 bridgehead atoms. The van der Waals surface area contributed by atoms with Crippen LogP contribution in [-0.2, 0) is 28.1 Å². The number of aromatic nitrogens is 4. The highest BCUT2D eigenvalue weighted by atomic mass is 32.2. The van der Waals surface area contributed by atoms with Gasteiger partial charge in [0.05, 0.1) is 47.4 Å². The second kappa shape index (κ2) is 13.5. The van der Waals surface area contributed by atoms with Gasteiger partial charge in [-0.25, -0.2) is 14.6 Å². The molecular weight excluding hydrogens is 603 g/mol. The van der Waals surface area contributed by atoms with Crippen molar-refractivity contribution < 1.29 is 18.8 Å². The lowest BCUT2D eigenvalue weighted by atomic mass is 10.0.